The lowest BCUT2D eigenvalue weighted by Crippen LogP contribution is -2.47. The summed E-state index contributed by atoms with van der Waals surface area (Å²) in [7, 11) is 0. The zero-order chi connectivity index (χ0) is 13.9. The van der Waals surface area contributed by atoms with Crippen LogP contribution in [0.1, 0.15) is 73.4 Å². The fourth-order valence-corrected chi connectivity index (χ4v) is 6.03. The van der Waals surface area contributed by atoms with Crippen LogP contribution in [-0.4, -0.2) is 11.0 Å². The molecule has 21 heavy (non-hydrogen) atoms. The average Bonchev–Trinajstić information content (AvgIpc) is 3.38. The molecule has 2 nitrogen and oxygen atoms in total. The molecule has 4 aliphatic carbocycles. The highest BCUT2D eigenvalue weighted by atomic mass is 32.1. The van der Waals surface area contributed by atoms with Crippen molar-refractivity contribution in [3.05, 3.63) is 15.6 Å². The standard InChI is InChI=1S/C18H26N2S/c1-4-15-16(5-1)21-17(19-15)18(20-14-8-9-14)10-2-3-13(11-18)12-6-7-12/h12-14,20H,1-11H2. The Hall–Kier alpha value is -0.410. The predicted molar refractivity (Wildman–Crippen MR) is 86.7 cm³/mol. The number of hydrogen-bond donors (Lipinski definition) is 1. The van der Waals surface area contributed by atoms with Crippen LogP contribution in [0.3, 0.4) is 0 Å². The van der Waals surface area contributed by atoms with Crippen molar-refractivity contribution in [2.24, 2.45) is 11.8 Å². The summed E-state index contributed by atoms with van der Waals surface area (Å²) in [5.74, 6) is 2.03. The summed E-state index contributed by atoms with van der Waals surface area (Å²) < 4.78 is 0. The van der Waals surface area contributed by atoms with Gasteiger partial charge >= 0.3 is 0 Å². The van der Waals surface area contributed by atoms with E-state index in [0.29, 0.717) is 0 Å². The first kappa shape index (κ1) is 13.1. The van der Waals surface area contributed by atoms with Crippen LogP contribution in [0.15, 0.2) is 0 Å². The zero-order valence-corrected chi connectivity index (χ0v) is 13.7. The monoisotopic (exact) mass is 302 g/mol. The number of fused-ring (bicyclic) bond motifs is 1. The van der Waals surface area contributed by atoms with Crippen LogP contribution in [-0.2, 0) is 18.4 Å². The van der Waals surface area contributed by atoms with Crippen molar-refractivity contribution >= 4 is 11.3 Å². The van der Waals surface area contributed by atoms with E-state index in [1.807, 2.05) is 0 Å². The highest BCUT2D eigenvalue weighted by Crippen LogP contribution is 2.51. The molecular formula is C18H26N2S. The first-order chi connectivity index (χ1) is 10.3. The number of aryl methyl sites for hydroxylation is 2. The number of nitrogens with one attached hydrogen (secondary N) is 1. The van der Waals surface area contributed by atoms with E-state index in [9.17, 15) is 0 Å². The fraction of sp³-hybridized carbons (Fsp3) is 0.833. The second-order valence-corrected chi connectivity index (χ2v) is 9.02. The van der Waals surface area contributed by atoms with Gasteiger partial charge in [0.2, 0.25) is 0 Å². The first-order valence-corrected chi connectivity index (χ1v) is 9.91. The Morgan fingerprint density at radius 3 is 2.67 bits per heavy atom. The molecule has 0 spiro atoms. The Morgan fingerprint density at radius 2 is 1.90 bits per heavy atom. The molecule has 0 saturated heterocycles. The number of nitrogens with zero attached hydrogens (tertiary/aromatic N) is 1. The summed E-state index contributed by atoms with van der Waals surface area (Å²) in [6.07, 6.45) is 15.2. The summed E-state index contributed by atoms with van der Waals surface area (Å²) in [6, 6.07) is 0.793. The molecule has 3 saturated carbocycles. The lowest BCUT2D eigenvalue weighted by Gasteiger charge is -2.41. The van der Waals surface area contributed by atoms with Gasteiger partial charge in [0.15, 0.2) is 0 Å². The van der Waals surface area contributed by atoms with Gasteiger partial charge in [-0.3, -0.25) is 0 Å². The van der Waals surface area contributed by atoms with Gasteiger partial charge in [0.1, 0.15) is 5.01 Å². The molecule has 1 heterocycles. The Morgan fingerprint density at radius 1 is 1.00 bits per heavy atom. The van der Waals surface area contributed by atoms with Gasteiger partial charge in [0, 0.05) is 10.9 Å². The highest BCUT2D eigenvalue weighted by molar-refractivity contribution is 7.12. The number of rotatable bonds is 4. The normalized spacial score (nSPS) is 35.9. The topological polar surface area (TPSA) is 24.9 Å². The Labute approximate surface area is 131 Å². The van der Waals surface area contributed by atoms with Gasteiger partial charge in [0.25, 0.3) is 0 Å². The maximum atomic E-state index is 5.14. The summed E-state index contributed by atoms with van der Waals surface area (Å²) in [6.45, 7) is 0. The van der Waals surface area contributed by atoms with Crippen LogP contribution >= 0.6 is 11.3 Å². The molecule has 2 atom stereocenters. The van der Waals surface area contributed by atoms with Crippen LogP contribution in [0, 0.1) is 11.8 Å². The number of aromatic nitrogens is 1. The maximum Gasteiger partial charge on any atom is 0.113 e. The van der Waals surface area contributed by atoms with E-state index in [1.165, 1.54) is 81.3 Å². The highest BCUT2D eigenvalue weighted by Gasteiger charge is 2.47. The quantitative estimate of drug-likeness (QED) is 0.902. The third-order valence-corrected chi connectivity index (χ3v) is 7.50. The van der Waals surface area contributed by atoms with E-state index in [1.54, 1.807) is 4.88 Å². The molecule has 114 valence electrons. The SMILES string of the molecule is C1Cc2nc(C3(NC4CC4)CCCC(C4CC4)C3)sc2C1. The van der Waals surface area contributed by atoms with Gasteiger partial charge < -0.3 is 5.32 Å². The molecule has 3 fully saturated rings. The molecule has 0 aliphatic heterocycles. The van der Waals surface area contributed by atoms with Crippen LogP contribution in [0.2, 0.25) is 0 Å². The molecule has 5 rings (SSSR count). The van der Waals surface area contributed by atoms with Crippen molar-refractivity contribution < 1.29 is 0 Å². The van der Waals surface area contributed by atoms with Gasteiger partial charge in [-0.25, -0.2) is 4.98 Å². The third kappa shape index (κ3) is 2.37. The second kappa shape index (κ2) is 4.79. The van der Waals surface area contributed by atoms with Crippen molar-refractivity contribution in [2.75, 3.05) is 0 Å². The average molecular weight is 302 g/mol. The van der Waals surface area contributed by atoms with E-state index in [4.69, 9.17) is 4.98 Å². The molecule has 3 heteroatoms. The van der Waals surface area contributed by atoms with Gasteiger partial charge in [-0.1, -0.05) is 12.8 Å². The van der Waals surface area contributed by atoms with Gasteiger partial charge in [-0.15, -0.1) is 11.3 Å². The lowest BCUT2D eigenvalue weighted by atomic mass is 9.74. The maximum absolute atomic E-state index is 5.14. The predicted octanol–water partition coefficient (Wildman–Crippen LogP) is 4.18. The van der Waals surface area contributed by atoms with Crippen molar-refractivity contribution in [1.29, 1.82) is 0 Å². The molecule has 1 aromatic rings. The minimum Gasteiger partial charge on any atom is -0.303 e. The summed E-state index contributed by atoms with van der Waals surface area (Å²) in [4.78, 5) is 6.74. The van der Waals surface area contributed by atoms with Crippen molar-refractivity contribution in [3.63, 3.8) is 0 Å². The van der Waals surface area contributed by atoms with Gasteiger partial charge in [-0.05, 0) is 69.6 Å². The van der Waals surface area contributed by atoms with E-state index in [-0.39, 0.29) is 5.54 Å². The smallest absolute Gasteiger partial charge is 0.113 e. The molecule has 1 aromatic heterocycles. The van der Waals surface area contributed by atoms with Gasteiger partial charge in [0.05, 0.1) is 11.2 Å². The molecule has 2 unspecified atom stereocenters. The number of thiazole rings is 1. The van der Waals surface area contributed by atoms with E-state index in [2.05, 4.69) is 16.7 Å². The Bertz CT molecular complexity index is 522. The number of hydrogen-bond acceptors (Lipinski definition) is 3. The van der Waals surface area contributed by atoms with E-state index in [0.717, 1.165) is 17.9 Å². The van der Waals surface area contributed by atoms with Crippen molar-refractivity contribution in [3.8, 4) is 0 Å². The minimum atomic E-state index is 0.252. The van der Waals surface area contributed by atoms with Crippen LogP contribution in [0.5, 0.6) is 0 Å². The molecule has 0 bridgehead atoms. The van der Waals surface area contributed by atoms with E-state index >= 15 is 0 Å². The Balaban J connectivity index is 1.47. The van der Waals surface area contributed by atoms with Crippen LogP contribution in [0.4, 0.5) is 0 Å². The third-order valence-electron chi connectivity index (χ3n) is 6.14. The van der Waals surface area contributed by atoms with Crippen LogP contribution in [0.25, 0.3) is 0 Å². The second-order valence-electron chi connectivity index (χ2n) is 7.94. The molecule has 4 aliphatic rings. The zero-order valence-electron chi connectivity index (χ0n) is 12.9. The summed E-state index contributed by atoms with van der Waals surface area (Å²) >= 11 is 2.06. The minimum absolute atomic E-state index is 0.252. The van der Waals surface area contributed by atoms with Gasteiger partial charge in [-0.2, -0.15) is 0 Å². The molecule has 0 radical (unpaired) electrons. The summed E-state index contributed by atoms with van der Waals surface area (Å²) in [5, 5.41) is 5.53. The van der Waals surface area contributed by atoms with Crippen molar-refractivity contribution in [1.82, 2.24) is 10.3 Å². The molecule has 1 N–H and O–H groups in total. The molecular weight excluding hydrogens is 276 g/mol. The summed E-state index contributed by atoms with van der Waals surface area (Å²) in [5.41, 5.74) is 1.70. The van der Waals surface area contributed by atoms with Crippen molar-refractivity contribution in [2.45, 2.75) is 82.2 Å². The largest absolute Gasteiger partial charge is 0.303 e. The van der Waals surface area contributed by atoms with Crippen LogP contribution < -0.4 is 5.32 Å². The fourth-order valence-electron chi connectivity index (χ4n) is 4.69. The molecule has 0 aromatic carbocycles. The first-order valence-electron chi connectivity index (χ1n) is 9.09. The lowest BCUT2D eigenvalue weighted by molar-refractivity contribution is 0.161. The van der Waals surface area contributed by atoms with E-state index < -0.39 is 0 Å². The molecule has 0 amide bonds. The Kier molecular flexibility index (Phi) is 2.98.